The molecule has 0 aliphatic rings. The molecular formula is C14H13F2N. The number of anilines is 1. The summed E-state index contributed by atoms with van der Waals surface area (Å²) in [7, 11) is 0. The zero-order chi connectivity index (χ0) is 12.1. The Labute approximate surface area is 99.1 Å². The molecule has 0 saturated carbocycles. The average Bonchev–Trinajstić information content (AvgIpc) is 2.33. The van der Waals surface area contributed by atoms with Crippen LogP contribution in [0.3, 0.4) is 0 Å². The number of benzene rings is 2. The van der Waals surface area contributed by atoms with E-state index in [1.165, 1.54) is 12.1 Å². The summed E-state index contributed by atoms with van der Waals surface area (Å²) in [6, 6.07) is 13.4. The molecule has 0 bridgehead atoms. The number of rotatable bonds is 4. The van der Waals surface area contributed by atoms with E-state index in [4.69, 9.17) is 0 Å². The Morgan fingerprint density at radius 3 is 2.41 bits per heavy atom. The lowest BCUT2D eigenvalue weighted by Crippen LogP contribution is -2.06. The van der Waals surface area contributed by atoms with Crippen LogP contribution in [0.4, 0.5) is 14.5 Å². The van der Waals surface area contributed by atoms with Crippen LogP contribution in [0.2, 0.25) is 0 Å². The van der Waals surface area contributed by atoms with Crippen molar-refractivity contribution in [3.8, 4) is 0 Å². The third-order valence-corrected chi connectivity index (χ3v) is 2.51. The molecule has 0 amide bonds. The van der Waals surface area contributed by atoms with Gasteiger partial charge >= 0.3 is 0 Å². The fourth-order valence-corrected chi connectivity index (χ4v) is 1.62. The van der Waals surface area contributed by atoms with Gasteiger partial charge in [0.2, 0.25) is 0 Å². The van der Waals surface area contributed by atoms with Crippen LogP contribution < -0.4 is 5.32 Å². The molecule has 3 heteroatoms. The van der Waals surface area contributed by atoms with E-state index in [0.717, 1.165) is 11.8 Å². The van der Waals surface area contributed by atoms with Gasteiger partial charge in [0, 0.05) is 18.3 Å². The monoisotopic (exact) mass is 233 g/mol. The molecule has 0 saturated heterocycles. The molecule has 0 aliphatic carbocycles. The lowest BCUT2D eigenvalue weighted by Gasteiger charge is -2.06. The van der Waals surface area contributed by atoms with Crippen LogP contribution >= 0.6 is 0 Å². The van der Waals surface area contributed by atoms with Crippen molar-refractivity contribution in [3.63, 3.8) is 0 Å². The number of para-hydroxylation sites is 1. The van der Waals surface area contributed by atoms with E-state index >= 15 is 0 Å². The van der Waals surface area contributed by atoms with Crippen molar-refractivity contribution in [3.05, 3.63) is 65.7 Å². The van der Waals surface area contributed by atoms with E-state index in [1.54, 1.807) is 0 Å². The fraction of sp³-hybridized carbons (Fsp3) is 0.143. The first-order valence-corrected chi connectivity index (χ1v) is 5.48. The van der Waals surface area contributed by atoms with Crippen LogP contribution in [0.1, 0.15) is 5.56 Å². The second-order valence-electron chi connectivity index (χ2n) is 3.78. The third kappa shape index (κ3) is 3.28. The minimum absolute atomic E-state index is 0.486. The van der Waals surface area contributed by atoms with E-state index in [2.05, 4.69) is 5.32 Å². The minimum Gasteiger partial charge on any atom is -0.385 e. The molecule has 1 N–H and O–H groups in total. The molecule has 2 rings (SSSR count). The average molecular weight is 233 g/mol. The maximum atomic E-state index is 13.3. The standard InChI is InChI=1S/C14H13F2N/c15-12-7-6-11(14(16)10-12)8-9-17-13-4-2-1-3-5-13/h1-7,10,17H,8-9H2. The van der Waals surface area contributed by atoms with Crippen molar-refractivity contribution in [1.82, 2.24) is 0 Å². The summed E-state index contributed by atoms with van der Waals surface area (Å²) in [4.78, 5) is 0. The van der Waals surface area contributed by atoms with Crippen LogP contribution in [0.25, 0.3) is 0 Å². The van der Waals surface area contributed by atoms with Gasteiger partial charge in [0.25, 0.3) is 0 Å². The number of hydrogen-bond donors (Lipinski definition) is 1. The second kappa shape index (κ2) is 5.43. The molecule has 2 aromatic carbocycles. The van der Waals surface area contributed by atoms with Gasteiger partial charge in [0.15, 0.2) is 0 Å². The van der Waals surface area contributed by atoms with E-state index in [1.807, 2.05) is 30.3 Å². The first-order chi connectivity index (χ1) is 8.25. The normalized spacial score (nSPS) is 10.2. The predicted octanol–water partition coefficient (Wildman–Crippen LogP) is 3.62. The highest BCUT2D eigenvalue weighted by Crippen LogP contribution is 2.11. The number of halogens is 2. The zero-order valence-corrected chi connectivity index (χ0v) is 9.29. The molecule has 88 valence electrons. The predicted molar refractivity (Wildman–Crippen MR) is 65.0 cm³/mol. The molecule has 2 aromatic rings. The molecular weight excluding hydrogens is 220 g/mol. The van der Waals surface area contributed by atoms with Crippen molar-refractivity contribution in [2.45, 2.75) is 6.42 Å². The van der Waals surface area contributed by atoms with Crippen molar-refractivity contribution in [2.75, 3.05) is 11.9 Å². The first kappa shape index (κ1) is 11.6. The lowest BCUT2D eigenvalue weighted by atomic mass is 10.1. The maximum Gasteiger partial charge on any atom is 0.129 e. The largest absolute Gasteiger partial charge is 0.385 e. The van der Waals surface area contributed by atoms with Crippen LogP contribution in [0.15, 0.2) is 48.5 Å². The SMILES string of the molecule is Fc1ccc(CCNc2ccccc2)c(F)c1. The highest BCUT2D eigenvalue weighted by molar-refractivity contribution is 5.42. The van der Waals surface area contributed by atoms with Gasteiger partial charge in [-0.15, -0.1) is 0 Å². The Bertz CT molecular complexity index is 483. The molecule has 0 fully saturated rings. The van der Waals surface area contributed by atoms with Crippen molar-refractivity contribution >= 4 is 5.69 Å². The Morgan fingerprint density at radius 1 is 0.941 bits per heavy atom. The van der Waals surface area contributed by atoms with E-state index in [-0.39, 0.29) is 0 Å². The fourth-order valence-electron chi connectivity index (χ4n) is 1.62. The third-order valence-electron chi connectivity index (χ3n) is 2.51. The van der Waals surface area contributed by atoms with Crippen molar-refractivity contribution in [1.29, 1.82) is 0 Å². The van der Waals surface area contributed by atoms with E-state index in [0.29, 0.717) is 18.5 Å². The molecule has 0 spiro atoms. The summed E-state index contributed by atoms with van der Waals surface area (Å²) < 4.78 is 26.0. The molecule has 0 radical (unpaired) electrons. The van der Waals surface area contributed by atoms with Gasteiger partial charge in [-0.05, 0) is 30.2 Å². The molecule has 17 heavy (non-hydrogen) atoms. The molecule has 0 heterocycles. The maximum absolute atomic E-state index is 13.3. The summed E-state index contributed by atoms with van der Waals surface area (Å²) in [6.45, 7) is 0.618. The van der Waals surface area contributed by atoms with Gasteiger partial charge in [-0.2, -0.15) is 0 Å². The van der Waals surface area contributed by atoms with Crippen LogP contribution in [-0.2, 0) is 6.42 Å². The van der Waals surface area contributed by atoms with Gasteiger partial charge in [-0.25, -0.2) is 8.78 Å². The van der Waals surface area contributed by atoms with E-state index < -0.39 is 11.6 Å². The van der Waals surface area contributed by atoms with Crippen molar-refractivity contribution < 1.29 is 8.78 Å². The second-order valence-corrected chi connectivity index (χ2v) is 3.78. The molecule has 0 aromatic heterocycles. The van der Waals surface area contributed by atoms with Gasteiger partial charge in [0.1, 0.15) is 11.6 Å². The zero-order valence-electron chi connectivity index (χ0n) is 9.29. The number of hydrogen-bond acceptors (Lipinski definition) is 1. The summed E-state index contributed by atoms with van der Waals surface area (Å²) in [6.07, 6.45) is 0.529. The molecule has 0 atom stereocenters. The molecule has 0 unspecified atom stereocenters. The smallest absolute Gasteiger partial charge is 0.129 e. The quantitative estimate of drug-likeness (QED) is 0.850. The highest BCUT2D eigenvalue weighted by Gasteiger charge is 2.02. The van der Waals surface area contributed by atoms with E-state index in [9.17, 15) is 8.78 Å². The lowest BCUT2D eigenvalue weighted by molar-refractivity contribution is 0.572. The first-order valence-electron chi connectivity index (χ1n) is 5.48. The van der Waals surface area contributed by atoms with Gasteiger partial charge in [-0.3, -0.25) is 0 Å². The Morgan fingerprint density at radius 2 is 1.71 bits per heavy atom. The Hall–Kier alpha value is -1.90. The highest BCUT2D eigenvalue weighted by atomic mass is 19.1. The minimum atomic E-state index is -0.540. The molecule has 1 nitrogen and oxygen atoms in total. The van der Waals surface area contributed by atoms with Crippen molar-refractivity contribution in [2.24, 2.45) is 0 Å². The van der Waals surface area contributed by atoms with Crippen LogP contribution in [0.5, 0.6) is 0 Å². The Kier molecular flexibility index (Phi) is 3.70. The summed E-state index contributed by atoms with van der Waals surface area (Å²) in [5.41, 5.74) is 1.52. The van der Waals surface area contributed by atoms with Gasteiger partial charge < -0.3 is 5.32 Å². The molecule has 0 aliphatic heterocycles. The number of nitrogens with one attached hydrogen (secondary N) is 1. The topological polar surface area (TPSA) is 12.0 Å². The summed E-state index contributed by atoms with van der Waals surface area (Å²) >= 11 is 0. The van der Waals surface area contributed by atoms with Gasteiger partial charge in [-0.1, -0.05) is 24.3 Å². The van der Waals surface area contributed by atoms with Crippen LogP contribution in [0, 0.1) is 11.6 Å². The summed E-state index contributed by atoms with van der Waals surface area (Å²) in [5.74, 6) is -1.03. The van der Waals surface area contributed by atoms with Crippen LogP contribution in [-0.4, -0.2) is 6.54 Å². The van der Waals surface area contributed by atoms with Gasteiger partial charge in [0.05, 0.1) is 0 Å². The Balaban J connectivity index is 1.90. The summed E-state index contributed by atoms with van der Waals surface area (Å²) in [5, 5.41) is 3.17.